The number of ether oxygens (including phenoxy) is 1. The first-order valence-corrected chi connectivity index (χ1v) is 11.7. The Hall–Kier alpha value is -2.53. The number of rotatable bonds is 5. The monoisotopic (exact) mass is 437 g/mol. The summed E-state index contributed by atoms with van der Waals surface area (Å²) in [6, 6.07) is 13.5. The first-order valence-electron chi connectivity index (χ1n) is 11.7. The van der Waals surface area contributed by atoms with Gasteiger partial charge in [-0.3, -0.25) is 4.90 Å². The molecule has 32 heavy (non-hydrogen) atoms. The number of amides is 1. The maximum Gasteiger partial charge on any atom is 0.410 e. The average Bonchev–Trinajstić information content (AvgIpc) is 2.75. The van der Waals surface area contributed by atoms with E-state index in [1.165, 1.54) is 33.5 Å². The Morgan fingerprint density at radius 3 is 2.19 bits per heavy atom. The highest BCUT2D eigenvalue weighted by atomic mass is 16.6. The molecule has 1 amide bonds. The van der Waals surface area contributed by atoms with Gasteiger partial charge in [-0.25, -0.2) is 4.79 Å². The second-order valence-corrected chi connectivity index (χ2v) is 9.89. The van der Waals surface area contributed by atoms with Crippen LogP contribution in [0.3, 0.4) is 0 Å². The number of benzene rings is 2. The van der Waals surface area contributed by atoms with E-state index in [2.05, 4.69) is 74.0 Å². The number of piperazine rings is 1. The average molecular weight is 438 g/mol. The fraction of sp³-hybridized carbons (Fsp3) is 0.519. The molecule has 0 saturated carbocycles. The standard InChI is InChI=1S/C27H39N3O2/c1-8-28(7)25-18-24(17-20(2)21(25)3)23-11-9-22(10-12-23)19-29-13-15-30(16-14-29)26(31)32-27(4,5)6/h9-12,17-18H,8,13-16,19H2,1-7H3. The molecule has 1 aliphatic rings. The molecule has 5 heteroatoms. The number of aryl methyl sites for hydroxylation is 1. The van der Waals surface area contributed by atoms with Crippen LogP contribution in [0.5, 0.6) is 0 Å². The van der Waals surface area contributed by atoms with E-state index < -0.39 is 5.60 Å². The molecule has 0 bridgehead atoms. The Bertz CT molecular complexity index is 923. The molecule has 2 aromatic carbocycles. The summed E-state index contributed by atoms with van der Waals surface area (Å²) in [5.74, 6) is 0. The zero-order valence-electron chi connectivity index (χ0n) is 20.9. The zero-order valence-corrected chi connectivity index (χ0v) is 20.9. The third-order valence-corrected chi connectivity index (χ3v) is 6.24. The van der Waals surface area contributed by atoms with Gasteiger partial charge in [0.05, 0.1) is 0 Å². The second kappa shape index (κ2) is 9.95. The summed E-state index contributed by atoms with van der Waals surface area (Å²) in [6.45, 7) is 17.3. The van der Waals surface area contributed by atoms with Crippen molar-refractivity contribution in [1.82, 2.24) is 9.80 Å². The van der Waals surface area contributed by atoms with Crippen LogP contribution in [-0.4, -0.2) is 61.3 Å². The number of anilines is 1. The van der Waals surface area contributed by atoms with E-state index in [4.69, 9.17) is 4.74 Å². The lowest BCUT2D eigenvalue weighted by Crippen LogP contribution is -2.49. The molecule has 0 N–H and O–H groups in total. The van der Waals surface area contributed by atoms with Crippen LogP contribution in [0.4, 0.5) is 10.5 Å². The lowest BCUT2D eigenvalue weighted by atomic mass is 9.97. The van der Waals surface area contributed by atoms with E-state index in [-0.39, 0.29) is 6.09 Å². The zero-order chi connectivity index (χ0) is 23.5. The van der Waals surface area contributed by atoms with Gasteiger partial charge in [-0.1, -0.05) is 30.3 Å². The molecule has 0 unspecified atom stereocenters. The highest BCUT2D eigenvalue weighted by Crippen LogP contribution is 2.30. The van der Waals surface area contributed by atoms with Crippen LogP contribution in [0.15, 0.2) is 36.4 Å². The van der Waals surface area contributed by atoms with Crippen LogP contribution in [0.1, 0.15) is 44.4 Å². The maximum absolute atomic E-state index is 12.3. The molecule has 1 fully saturated rings. The molecule has 0 atom stereocenters. The van der Waals surface area contributed by atoms with Crippen LogP contribution in [-0.2, 0) is 11.3 Å². The molecular formula is C27H39N3O2. The van der Waals surface area contributed by atoms with Gasteiger partial charge in [0.15, 0.2) is 0 Å². The van der Waals surface area contributed by atoms with E-state index in [1.807, 2.05) is 25.7 Å². The maximum atomic E-state index is 12.3. The van der Waals surface area contributed by atoms with Crippen LogP contribution in [0, 0.1) is 13.8 Å². The number of hydrogen-bond acceptors (Lipinski definition) is 4. The predicted molar refractivity (Wildman–Crippen MR) is 133 cm³/mol. The third kappa shape index (κ3) is 6.04. The summed E-state index contributed by atoms with van der Waals surface area (Å²) in [4.78, 5) is 18.8. The van der Waals surface area contributed by atoms with E-state index >= 15 is 0 Å². The topological polar surface area (TPSA) is 36.0 Å². The van der Waals surface area contributed by atoms with Gasteiger partial charge in [0, 0.05) is 52.0 Å². The minimum absolute atomic E-state index is 0.206. The van der Waals surface area contributed by atoms with Gasteiger partial charge in [-0.05, 0) is 75.4 Å². The molecule has 1 heterocycles. The summed E-state index contributed by atoms with van der Waals surface area (Å²) < 4.78 is 5.50. The number of carbonyl (C=O) groups excluding carboxylic acids is 1. The van der Waals surface area contributed by atoms with Crippen molar-refractivity contribution in [3.05, 3.63) is 53.1 Å². The Balaban J connectivity index is 1.62. The van der Waals surface area contributed by atoms with E-state index in [0.29, 0.717) is 13.1 Å². The van der Waals surface area contributed by atoms with Gasteiger partial charge in [0.25, 0.3) is 0 Å². The minimum Gasteiger partial charge on any atom is -0.444 e. The summed E-state index contributed by atoms with van der Waals surface area (Å²) in [5.41, 5.74) is 7.34. The SMILES string of the molecule is CCN(C)c1cc(-c2ccc(CN3CCN(C(=O)OC(C)(C)C)CC3)cc2)cc(C)c1C. The van der Waals surface area contributed by atoms with Crippen molar-refractivity contribution in [3.8, 4) is 11.1 Å². The van der Waals surface area contributed by atoms with Crippen molar-refractivity contribution in [1.29, 1.82) is 0 Å². The smallest absolute Gasteiger partial charge is 0.410 e. The molecule has 3 rings (SSSR count). The quantitative estimate of drug-likeness (QED) is 0.621. The first kappa shape index (κ1) is 24.1. The molecule has 1 aliphatic heterocycles. The van der Waals surface area contributed by atoms with Gasteiger partial charge < -0.3 is 14.5 Å². The van der Waals surface area contributed by atoms with E-state index in [0.717, 1.165) is 26.2 Å². The largest absolute Gasteiger partial charge is 0.444 e. The fourth-order valence-corrected chi connectivity index (χ4v) is 4.05. The second-order valence-electron chi connectivity index (χ2n) is 9.89. The molecule has 5 nitrogen and oxygen atoms in total. The van der Waals surface area contributed by atoms with Gasteiger partial charge in [-0.2, -0.15) is 0 Å². The summed E-state index contributed by atoms with van der Waals surface area (Å²) in [6.07, 6.45) is -0.206. The minimum atomic E-state index is -0.446. The van der Waals surface area contributed by atoms with Gasteiger partial charge in [-0.15, -0.1) is 0 Å². The van der Waals surface area contributed by atoms with E-state index in [1.54, 1.807) is 0 Å². The van der Waals surface area contributed by atoms with Crippen molar-refractivity contribution in [2.24, 2.45) is 0 Å². The van der Waals surface area contributed by atoms with Gasteiger partial charge in [0.1, 0.15) is 5.60 Å². The third-order valence-electron chi connectivity index (χ3n) is 6.24. The Morgan fingerprint density at radius 1 is 1.00 bits per heavy atom. The van der Waals surface area contributed by atoms with Crippen LogP contribution in [0.25, 0.3) is 11.1 Å². The van der Waals surface area contributed by atoms with Crippen molar-refractivity contribution in [3.63, 3.8) is 0 Å². The highest BCUT2D eigenvalue weighted by Gasteiger charge is 2.25. The summed E-state index contributed by atoms with van der Waals surface area (Å²) >= 11 is 0. The lowest BCUT2D eigenvalue weighted by Gasteiger charge is -2.35. The Morgan fingerprint density at radius 2 is 1.62 bits per heavy atom. The summed E-state index contributed by atoms with van der Waals surface area (Å²) in [7, 11) is 2.15. The van der Waals surface area contributed by atoms with Crippen LogP contribution >= 0.6 is 0 Å². The fourth-order valence-electron chi connectivity index (χ4n) is 4.05. The highest BCUT2D eigenvalue weighted by molar-refractivity contribution is 5.72. The molecule has 174 valence electrons. The molecule has 0 aliphatic carbocycles. The van der Waals surface area contributed by atoms with Crippen LogP contribution < -0.4 is 4.90 Å². The van der Waals surface area contributed by atoms with E-state index in [9.17, 15) is 4.79 Å². The molecule has 2 aromatic rings. The molecule has 0 radical (unpaired) electrons. The summed E-state index contributed by atoms with van der Waals surface area (Å²) in [5, 5.41) is 0. The van der Waals surface area contributed by atoms with Gasteiger partial charge in [0.2, 0.25) is 0 Å². The van der Waals surface area contributed by atoms with Crippen molar-refractivity contribution in [2.75, 3.05) is 44.7 Å². The van der Waals surface area contributed by atoms with Crippen molar-refractivity contribution < 1.29 is 9.53 Å². The van der Waals surface area contributed by atoms with Crippen LogP contribution in [0.2, 0.25) is 0 Å². The molecule has 0 aromatic heterocycles. The number of hydrogen-bond donors (Lipinski definition) is 0. The molecular weight excluding hydrogens is 398 g/mol. The van der Waals surface area contributed by atoms with Gasteiger partial charge >= 0.3 is 6.09 Å². The first-order chi connectivity index (χ1) is 15.1. The predicted octanol–water partition coefficient (Wildman–Crippen LogP) is 5.48. The normalized spacial score (nSPS) is 15.0. The Kier molecular flexibility index (Phi) is 7.50. The van der Waals surface area contributed by atoms with Crippen molar-refractivity contribution in [2.45, 2.75) is 53.7 Å². The lowest BCUT2D eigenvalue weighted by molar-refractivity contribution is 0.0139. The number of carbonyl (C=O) groups is 1. The van der Waals surface area contributed by atoms with Crippen molar-refractivity contribution >= 4 is 11.8 Å². The molecule has 0 spiro atoms. The molecule has 1 saturated heterocycles. The Labute approximate surface area is 194 Å². The number of nitrogens with zero attached hydrogens (tertiary/aromatic N) is 3.